The van der Waals surface area contributed by atoms with E-state index in [1.807, 2.05) is 30.3 Å². The first-order chi connectivity index (χ1) is 17.1. The zero-order valence-corrected chi connectivity index (χ0v) is 20.5. The van der Waals surface area contributed by atoms with E-state index < -0.39 is 23.4 Å². The fourth-order valence-corrected chi connectivity index (χ4v) is 3.78. The molecule has 192 valence electrons. The molecular formula is C25H30N4O7. The third-order valence-corrected chi connectivity index (χ3v) is 5.47. The highest BCUT2D eigenvalue weighted by atomic mass is 16.6. The van der Waals surface area contributed by atoms with Crippen molar-refractivity contribution < 1.29 is 33.3 Å². The van der Waals surface area contributed by atoms with Crippen LogP contribution in [-0.2, 0) is 25.6 Å². The highest BCUT2D eigenvalue weighted by molar-refractivity contribution is 5.95. The van der Waals surface area contributed by atoms with Crippen LogP contribution in [-0.4, -0.2) is 60.6 Å². The Morgan fingerprint density at radius 1 is 1.19 bits per heavy atom. The molecule has 0 bridgehead atoms. The maximum Gasteiger partial charge on any atom is 0.416 e. The van der Waals surface area contributed by atoms with Gasteiger partial charge in [-0.25, -0.2) is 14.6 Å². The number of aromatic nitrogens is 1. The van der Waals surface area contributed by atoms with Gasteiger partial charge < -0.3 is 29.6 Å². The predicted molar refractivity (Wildman–Crippen MR) is 130 cm³/mol. The number of nitrogens with zero attached hydrogens (tertiary/aromatic N) is 2. The van der Waals surface area contributed by atoms with Crippen LogP contribution in [0.3, 0.4) is 0 Å². The Kier molecular flexibility index (Phi) is 7.30. The zero-order chi connectivity index (χ0) is 25.8. The molecule has 0 saturated carbocycles. The van der Waals surface area contributed by atoms with Gasteiger partial charge in [-0.15, -0.1) is 0 Å². The van der Waals surface area contributed by atoms with Crippen LogP contribution in [0, 0.1) is 0 Å². The molecule has 2 aliphatic heterocycles. The van der Waals surface area contributed by atoms with Gasteiger partial charge in [-0.05, 0) is 38.5 Å². The van der Waals surface area contributed by atoms with E-state index in [-0.39, 0.29) is 43.8 Å². The van der Waals surface area contributed by atoms with E-state index in [1.54, 1.807) is 32.9 Å². The van der Waals surface area contributed by atoms with E-state index in [1.165, 1.54) is 4.90 Å². The lowest BCUT2D eigenvalue weighted by Gasteiger charge is -2.28. The molecular weight excluding hydrogens is 468 g/mol. The summed E-state index contributed by atoms with van der Waals surface area (Å²) < 4.78 is 22.3. The maximum atomic E-state index is 12.9. The quantitative estimate of drug-likeness (QED) is 0.531. The molecule has 1 aromatic heterocycles. The minimum absolute atomic E-state index is 0.0175. The summed E-state index contributed by atoms with van der Waals surface area (Å²) in [6, 6.07) is 13.0. The Bertz CT molecular complexity index is 1120. The average molecular weight is 499 g/mol. The van der Waals surface area contributed by atoms with Crippen LogP contribution in [0.25, 0.3) is 0 Å². The van der Waals surface area contributed by atoms with Gasteiger partial charge in [0.1, 0.15) is 11.4 Å². The number of anilines is 2. The molecule has 1 saturated heterocycles. The molecule has 1 aromatic carbocycles. The van der Waals surface area contributed by atoms with E-state index in [0.29, 0.717) is 18.8 Å². The third kappa shape index (κ3) is 6.42. The summed E-state index contributed by atoms with van der Waals surface area (Å²) in [5.41, 5.74) is -0.735. The molecule has 2 N–H and O–H groups in total. The number of carbonyl (C=O) groups excluding carboxylic acids is 3. The molecule has 36 heavy (non-hydrogen) atoms. The van der Waals surface area contributed by atoms with Crippen LogP contribution < -0.4 is 20.3 Å². The molecule has 4 rings (SSSR count). The monoisotopic (exact) mass is 498 g/mol. The van der Waals surface area contributed by atoms with Crippen LogP contribution in [0.5, 0.6) is 5.75 Å². The van der Waals surface area contributed by atoms with Gasteiger partial charge in [0.2, 0.25) is 0 Å². The number of ether oxygens (including phenoxy) is 4. The molecule has 1 fully saturated rings. The Morgan fingerprint density at radius 3 is 2.72 bits per heavy atom. The van der Waals surface area contributed by atoms with Crippen LogP contribution in [0.4, 0.5) is 21.2 Å². The summed E-state index contributed by atoms with van der Waals surface area (Å²) in [5.74, 6) is 0.599. The molecule has 1 unspecified atom stereocenters. The third-order valence-electron chi connectivity index (χ3n) is 5.47. The van der Waals surface area contributed by atoms with Crippen LogP contribution in [0.2, 0.25) is 0 Å². The Morgan fingerprint density at radius 2 is 1.97 bits per heavy atom. The van der Waals surface area contributed by atoms with E-state index in [2.05, 4.69) is 15.6 Å². The van der Waals surface area contributed by atoms with Gasteiger partial charge in [-0.1, -0.05) is 30.3 Å². The van der Waals surface area contributed by atoms with Crippen LogP contribution in [0.1, 0.15) is 32.8 Å². The highest BCUT2D eigenvalue weighted by Crippen LogP contribution is 2.33. The SMILES string of the molecule is CC(C)(C)OC(=O)NCC1(CCOCc2ccccc2)CN(c2ccc3c(n2)NC(=O)CO3)C(=O)O1. The predicted octanol–water partition coefficient (Wildman–Crippen LogP) is 3.24. The lowest BCUT2D eigenvalue weighted by atomic mass is 10.00. The number of fused-ring (bicyclic) bond motifs is 1. The molecule has 11 nitrogen and oxygen atoms in total. The Balaban J connectivity index is 1.46. The van der Waals surface area contributed by atoms with Gasteiger partial charge in [-0.2, -0.15) is 0 Å². The average Bonchev–Trinajstić information content (AvgIpc) is 3.16. The van der Waals surface area contributed by atoms with Crippen molar-refractivity contribution in [3.8, 4) is 5.75 Å². The number of hydrogen-bond acceptors (Lipinski definition) is 8. The van der Waals surface area contributed by atoms with Gasteiger partial charge in [0.25, 0.3) is 5.91 Å². The second-order valence-electron chi connectivity index (χ2n) is 9.63. The summed E-state index contributed by atoms with van der Waals surface area (Å²) in [6.07, 6.45) is -0.921. The van der Waals surface area contributed by atoms with E-state index in [0.717, 1.165) is 5.56 Å². The lowest BCUT2D eigenvalue weighted by molar-refractivity contribution is -0.118. The molecule has 3 heterocycles. The summed E-state index contributed by atoms with van der Waals surface area (Å²) in [5, 5.41) is 5.34. The van der Waals surface area contributed by atoms with Gasteiger partial charge in [0, 0.05) is 6.42 Å². The normalized spacial score (nSPS) is 19.1. The molecule has 1 atom stereocenters. The largest absolute Gasteiger partial charge is 0.480 e. The van der Waals surface area contributed by atoms with Gasteiger partial charge >= 0.3 is 12.2 Å². The first-order valence-electron chi connectivity index (χ1n) is 11.7. The molecule has 11 heteroatoms. The maximum absolute atomic E-state index is 12.9. The van der Waals surface area contributed by atoms with Crippen molar-refractivity contribution in [2.75, 3.05) is 36.5 Å². The van der Waals surface area contributed by atoms with E-state index in [4.69, 9.17) is 18.9 Å². The number of benzene rings is 1. The number of alkyl carbamates (subject to hydrolysis) is 1. The van der Waals surface area contributed by atoms with Crippen molar-refractivity contribution in [1.82, 2.24) is 10.3 Å². The number of cyclic esters (lactones) is 1. The standard InChI is InChI=1S/C25H30N4O7/c1-24(2,3)35-22(31)26-15-25(11-12-33-13-17-7-5-4-6-8-17)16-29(23(32)36-25)19-10-9-18-21(27-19)28-20(30)14-34-18/h4-10H,11-16H2,1-3H3,(H,26,31)(H,27,28,30). The number of amides is 3. The summed E-state index contributed by atoms with van der Waals surface area (Å²) in [4.78, 5) is 42.6. The minimum Gasteiger partial charge on any atom is -0.480 e. The molecule has 3 amide bonds. The summed E-state index contributed by atoms with van der Waals surface area (Å²) in [6.45, 7) is 6.01. The van der Waals surface area contributed by atoms with Crippen molar-refractivity contribution >= 4 is 29.7 Å². The van der Waals surface area contributed by atoms with Gasteiger partial charge in [0.05, 0.1) is 26.3 Å². The Hall–Kier alpha value is -3.86. The van der Waals surface area contributed by atoms with Crippen molar-refractivity contribution in [3.63, 3.8) is 0 Å². The molecule has 2 aliphatic rings. The van der Waals surface area contributed by atoms with E-state index >= 15 is 0 Å². The summed E-state index contributed by atoms with van der Waals surface area (Å²) in [7, 11) is 0. The first kappa shape index (κ1) is 25.2. The summed E-state index contributed by atoms with van der Waals surface area (Å²) >= 11 is 0. The van der Waals surface area contributed by atoms with Crippen molar-refractivity contribution in [2.24, 2.45) is 0 Å². The fourth-order valence-electron chi connectivity index (χ4n) is 3.78. The lowest BCUT2D eigenvalue weighted by Crippen LogP contribution is -2.48. The van der Waals surface area contributed by atoms with Crippen molar-refractivity contribution in [2.45, 2.75) is 45.0 Å². The second kappa shape index (κ2) is 10.4. The van der Waals surface area contributed by atoms with Crippen LogP contribution >= 0.6 is 0 Å². The topological polar surface area (TPSA) is 128 Å². The number of carbonyl (C=O) groups is 3. The first-order valence-corrected chi connectivity index (χ1v) is 11.7. The number of hydrogen-bond donors (Lipinski definition) is 2. The van der Waals surface area contributed by atoms with E-state index in [9.17, 15) is 14.4 Å². The second-order valence-corrected chi connectivity index (χ2v) is 9.63. The number of rotatable bonds is 8. The molecule has 0 spiro atoms. The number of pyridine rings is 1. The van der Waals surface area contributed by atoms with Crippen molar-refractivity contribution in [3.05, 3.63) is 48.0 Å². The zero-order valence-electron chi connectivity index (χ0n) is 20.5. The van der Waals surface area contributed by atoms with Crippen molar-refractivity contribution in [1.29, 1.82) is 0 Å². The smallest absolute Gasteiger partial charge is 0.416 e. The molecule has 2 aromatic rings. The molecule has 0 aliphatic carbocycles. The van der Waals surface area contributed by atoms with Gasteiger partial charge in [0.15, 0.2) is 23.8 Å². The molecule has 0 radical (unpaired) electrons. The van der Waals surface area contributed by atoms with Crippen LogP contribution in [0.15, 0.2) is 42.5 Å². The Labute approximate surface area is 209 Å². The number of nitrogens with one attached hydrogen (secondary N) is 2. The fraction of sp³-hybridized carbons (Fsp3) is 0.440. The minimum atomic E-state index is -1.08. The highest BCUT2D eigenvalue weighted by Gasteiger charge is 2.46. The van der Waals surface area contributed by atoms with Gasteiger partial charge in [-0.3, -0.25) is 9.69 Å².